The summed E-state index contributed by atoms with van der Waals surface area (Å²) in [4.78, 5) is 12.1. The van der Waals surface area contributed by atoms with E-state index in [2.05, 4.69) is 10.2 Å². The molecule has 0 spiro atoms. The van der Waals surface area contributed by atoms with Gasteiger partial charge in [-0.05, 0) is 24.3 Å². The number of carbonyl (C=O) groups is 1. The van der Waals surface area contributed by atoms with Crippen LogP contribution in [-0.2, 0) is 13.5 Å². The van der Waals surface area contributed by atoms with Gasteiger partial charge in [-0.15, -0.1) is 10.2 Å². The van der Waals surface area contributed by atoms with Crippen molar-refractivity contribution in [3.8, 4) is 5.75 Å². The van der Waals surface area contributed by atoms with Gasteiger partial charge in [-0.25, -0.2) is 0 Å². The number of ketones is 1. The van der Waals surface area contributed by atoms with E-state index >= 15 is 0 Å². The molecular weight excluding hydrogens is 274 g/mol. The predicted octanol–water partition coefficient (Wildman–Crippen LogP) is 2.36. The van der Waals surface area contributed by atoms with Crippen LogP contribution in [-0.4, -0.2) is 33.4 Å². The number of benzene rings is 1. The van der Waals surface area contributed by atoms with Crippen LogP contribution in [0, 0.1) is 0 Å². The highest BCUT2D eigenvalue weighted by Gasteiger charge is 2.11. The molecule has 1 aromatic heterocycles. The third-order valence-corrected chi connectivity index (χ3v) is 4.01. The lowest BCUT2D eigenvalue weighted by Crippen LogP contribution is -2.04. The Morgan fingerprint density at radius 1 is 1.30 bits per heavy atom. The summed E-state index contributed by atoms with van der Waals surface area (Å²) in [7, 11) is 3.52. The van der Waals surface area contributed by atoms with E-state index in [0.29, 0.717) is 11.3 Å². The highest BCUT2D eigenvalue weighted by molar-refractivity contribution is 7.99. The number of hydrogen-bond acceptors (Lipinski definition) is 5. The summed E-state index contributed by atoms with van der Waals surface area (Å²) in [5.74, 6) is 2.08. The van der Waals surface area contributed by atoms with Crippen molar-refractivity contribution in [3.63, 3.8) is 0 Å². The molecule has 0 bridgehead atoms. The minimum absolute atomic E-state index is 0.0682. The molecule has 0 aliphatic heterocycles. The first kappa shape index (κ1) is 14.6. The van der Waals surface area contributed by atoms with E-state index in [1.165, 1.54) is 11.8 Å². The van der Waals surface area contributed by atoms with Crippen LogP contribution in [0.4, 0.5) is 0 Å². The summed E-state index contributed by atoms with van der Waals surface area (Å²) < 4.78 is 6.99. The molecular formula is C14H17N3O2S. The maximum Gasteiger partial charge on any atom is 0.191 e. The summed E-state index contributed by atoms with van der Waals surface area (Å²) in [6.07, 6.45) is 0.830. The van der Waals surface area contributed by atoms with Crippen molar-refractivity contribution >= 4 is 17.5 Å². The van der Waals surface area contributed by atoms with Crippen LogP contribution in [0.5, 0.6) is 5.75 Å². The van der Waals surface area contributed by atoms with Gasteiger partial charge < -0.3 is 9.30 Å². The van der Waals surface area contributed by atoms with Crippen molar-refractivity contribution in [2.24, 2.45) is 7.05 Å². The number of aryl methyl sites for hydroxylation is 1. The molecule has 1 aromatic carbocycles. The van der Waals surface area contributed by atoms with E-state index in [4.69, 9.17) is 4.74 Å². The molecule has 1 heterocycles. The topological polar surface area (TPSA) is 57.0 Å². The van der Waals surface area contributed by atoms with Crippen molar-refractivity contribution in [3.05, 3.63) is 35.7 Å². The molecule has 2 rings (SSSR count). The Morgan fingerprint density at radius 3 is 2.55 bits per heavy atom. The fourth-order valence-electron chi connectivity index (χ4n) is 1.77. The van der Waals surface area contributed by atoms with E-state index in [1.54, 1.807) is 31.4 Å². The first-order valence-corrected chi connectivity index (χ1v) is 7.32. The molecule has 0 saturated heterocycles. The minimum atomic E-state index is 0.0682. The van der Waals surface area contributed by atoms with Crippen molar-refractivity contribution in [1.82, 2.24) is 14.8 Å². The summed E-state index contributed by atoms with van der Waals surface area (Å²) in [5.41, 5.74) is 0.677. The van der Waals surface area contributed by atoms with Gasteiger partial charge in [0.1, 0.15) is 11.6 Å². The lowest BCUT2D eigenvalue weighted by atomic mass is 10.1. The van der Waals surface area contributed by atoms with Crippen LogP contribution in [0.3, 0.4) is 0 Å². The van der Waals surface area contributed by atoms with Crippen LogP contribution in [0.1, 0.15) is 23.1 Å². The molecule has 2 aromatic rings. The van der Waals surface area contributed by atoms with Gasteiger partial charge in [0.25, 0.3) is 0 Å². The lowest BCUT2D eigenvalue weighted by molar-refractivity contribution is 0.102. The van der Waals surface area contributed by atoms with Gasteiger partial charge in [0, 0.05) is 19.0 Å². The number of methoxy groups -OCH3 is 1. The number of hydrogen-bond donors (Lipinski definition) is 0. The number of thioether (sulfide) groups is 1. The normalized spacial score (nSPS) is 10.6. The number of aromatic nitrogens is 3. The maximum absolute atomic E-state index is 12.1. The molecule has 20 heavy (non-hydrogen) atoms. The van der Waals surface area contributed by atoms with Crippen LogP contribution in [0.2, 0.25) is 0 Å². The van der Waals surface area contributed by atoms with Crippen LogP contribution in [0.15, 0.2) is 29.4 Å². The van der Waals surface area contributed by atoms with Crippen molar-refractivity contribution in [2.45, 2.75) is 18.5 Å². The lowest BCUT2D eigenvalue weighted by Gasteiger charge is -2.03. The second-order valence-corrected chi connectivity index (χ2v) is 5.19. The summed E-state index contributed by atoms with van der Waals surface area (Å²) in [6.45, 7) is 2.03. The molecule has 0 aliphatic rings. The Labute approximate surface area is 122 Å². The van der Waals surface area contributed by atoms with E-state index in [9.17, 15) is 4.79 Å². The first-order valence-electron chi connectivity index (χ1n) is 6.34. The highest BCUT2D eigenvalue weighted by Crippen LogP contribution is 2.18. The van der Waals surface area contributed by atoms with Crippen molar-refractivity contribution < 1.29 is 9.53 Å². The van der Waals surface area contributed by atoms with Crippen molar-refractivity contribution in [2.75, 3.05) is 12.9 Å². The summed E-state index contributed by atoms with van der Waals surface area (Å²) in [5, 5.41) is 8.92. The monoisotopic (exact) mass is 291 g/mol. The molecule has 0 atom stereocenters. The Morgan fingerprint density at radius 2 is 2.00 bits per heavy atom. The summed E-state index contributed by atoms with van der Waals surface area (Å²) >= 11 is 1.40. The second kappa shape index (κ2) is 6.56. The molecule has 5 nitrogen and oxygen atoms in total. The largest absolute Gasteiger partial charge is 0.497 e. The quantitative estimate of drug-likeness (QED) is 0.604. The van der Waals surface area contributed by atoms with Crippen LogP contribution >= 0.6 is 11.8 Å². The Kier molecular flexibility index (Phi) is 4.79. The zero-order valence-electron chi connectivity index (χ0n) is 11.8. The second-order valence-electron chi connectivity index (χ2n) is 4.25. The fraction of sp³-hybridized carbons (Fsp3) is 0.357. The van der Waals surface area contributed by atoms with Gasteiger partial charge in [0.05, 0.1) is 12.9 Å². The number of Topliss-reactive ketones (excluding diaryl/α,β-unsaturated/α-hetero) is 1. The number of nitrogens with zero attached hydrogens (tertiary/aromatic N) is 3. The Hall–Kier alpha value is -1.82. The fourth-order valence-corrected chi connectivity index (χ4v) is 2.59. The first-order chi connectivity index (χ1) is 9.65. The molecule has 106 valence electrons. The average molecular weight is 291 g/mol. The minimum Gasteiger partial charge on any atom is -0.497 e. The molecule has 6 heteroatoms. The zero-order chi connectivity index (χ0) is 14.5. The van der Waals surface area contributed by atoms with Crippen LogP contribution in [0.25, 0.3) is 0 Å². The van der Waals surface area contributed by atoms with Crippen LogP contribution < -0.4 is 4.74 Å². The van der Waals surface area contributed by atoms with E-state index in [-0.39, 0.29) is 5.78 Å². The molecule has 0 aliphatic carbocycles. The number of ether oxygens (including phenoxy) is 1. The van der Waals surface area contributed by atoms with Gasteiger partial charge in [-0.3, -0.25) is 4.79 Å². The highest BCUT2D eigenvalue weighted by atomic mass is 32.2. The third-order valence-electron chi connectivity index (χ3n) is 2.99. The maximum atomic E-state index is 12.1. The molecule has 0 amide bonds. The molecule has 0 radical (unpaired) electrons. The molecule has 0 unspecified atom stereocenters. The zero-order valence-corrected chi connectivity index (χ0v) is 12.6. The number of carbonyl (C=O) groups excluding carboxylic acids is 1. The van der Waals surface area contributed by atoms with Gasteiger partial charge in [-0.2, -0.15) is 0 Å². The van der Waals surface area contributed by atoms with Gasteiger partial charge in [-0.1, -0.05) is 18.7 Å². The van der Waals surface area contributed by atoms with E-state index < -0.39 is 0 Å². The van der Waals surface area contributed by atoms with E-state index in [0.717, 1.165) is 23.2 Å². The van der Waals surface area contributed by atoms with Gasteiger partial charge in [0.2, 0.25) is 0 Å². The SMILES string of the molecule is CCc1nnc(SCC(=O)c2ccc(OC)cc2)n1C. The predicted molar refractivity (Wildman–Crippen MR) is 78.4 cm³/mol. The van der Waals surface area contributed by atoms with Crippen molar-refractivity contribution in [1.29, 1.82) is 0 Å². The standard InChI is InChI=1S/C14H17N3O2S/c1-4-13-15-16-14(17(13)2)20-9-12(18)10-5-7-11(19-3)8-6-10/h5-8H,4,9H2,1-3H3. The van der Waals surface area contributed by atoms with Gasteiger partial charge >= 0.3 is 0 Å². The Balaban J connectivity index is 1.98. The average Bonchev–Trinajstić information content (AvgIpc) is 2.85. The summed E-state index contributed by atoms with van der Waals surface area (Å²) in [6, 6.07) is 7.12. The molecule has 0 saturated carbocycles. The van der Waals surface area contributed by atoms with Gasteiger partial charge in [0.15, 0.2) is 10.9 Å². The Bertz CT molecular complexity index is 593. The molecule has 0 N–H and O–H groups in total. The number of rotatable bonds is 6. The smallest absolute Gasteiger partial charge is 0.191 e. The third kappa shape index (κ3) is 3.19. The molecule has 0 fully saturated rings. The van der Waals surface area contributed by atoms with E-state index in [1.807, 2.05) is 18.5 Å².